The normalized spacial score (nSPS) is 10.7. The van der Waals surface area contributed by atoms with Gasteiger partial charge in [-0.15, -0.1) is 10.2 Å². The van der Waals surface area contributed by atoms with Crippen LogP contribution in [0.2, 0.25) is 0 Å². The van der Waals surface area contributed by atoms with Gasteiger partial charge in [0.1, 0.15) is 11.6 Å². The Labute approximate surface area is 127 Å². The van der Waals surface area contributed by atoms with Crippen molar-refractivity contribution in [3.63, 3.8) is 0 Å². The van der Waals surface area contributed by atoms with E-state index in [4.69, 9.17) is 4.74 Å². The van der Waals surface area contributed by atoms with Crippen molar-refractivity contribution in [2.75, 3.05) is 11.7 Å². The van der Waals surface area contributed by atoms with E-state index in [2.05, 4.69) is 15.6 Å². The molecule has 112 valence electrons. The molecule has 1 heterocycles. The van der Waals surface area contributed by atoms with E-state index in [9.17, 15) is 4.79 Å². The molecule has 21 heavy (non-hydrogen) atoms. The number of aryl methyl sites for hydroxylation is 1. The quantitative estimate of drug-likeness (QED) is 0.859. The Morgan fingerprint density at radius 1 is 1.38 bits per heavy atom. The van der Waals surface area contributed by atoms with Crippen LogP contribution in [-0.2, 0) is 0 Å². The van der Waals surface area contributed by atoms with Crippen LogP contribution in [0.4, 0.5) is 0 Å². The van der Waals surface area contributed by atoms with Gasteiger partial charge in [-0.1, -0.05) is 17.8 Å². The van der Waals surface area contributed by atoms with Crippen molar-refractivity contribution in [1.29, 1.82) is 0 Å². The van der Waals surface area contributed by atoms with E-state index >= 15 is 0 Å². The summed E-state index contributed by atoms with van der Waals surface area (Å²) in [5, 5.41) is 8.55. The SMILES string of the molecule is CSc1nnc(C)n1NC(=O)c1cccc(OC(C)C)c1. The van der Waals surface area contributed by atoms with Crippen LogP contribution in [0, 0.1) is 6.92 Å². The number of hydrogen-bond donors (Lipinski definition) is 1. The van der Waals surface area contributed by atoms with Crippen LogP contribution in [-0.4, -0.2) is 33.1 Å². The van der Waals surface area contributed by atoms with Crippen LogP contribution in [0.5, 0.6) is 5.75 Å². The first-order chi connectivity index (χ1) is 10.0. The number of aromatic nitrogens is 3. The lowest BCUT2D eigenvalue weighted by Gasteiger charge is -2.12. The van der Waals surface area contributed by atoms with Gasteiger partial charge in [-0.2, -0.15) is 0 Å². The van der Waals surface area contributed by atoms with Gasteiger partial charge in [-0.3, -0.25) is 10.2 Å². The number of carbonyl (C=O) groups excluding carboxylic acids is 1. The second-order valence-corrected chi connectivity index (χ2v) is 5.48. The van der Waals surface area contributed by atoms with Crippen LogP contribution in [0.1, 0.15) is 30.0 Å². The Bertz CT molecular complexity index is 640. The van der Waals surface area contributed by atoms with Crippen molar-refractivity contribution in [3.05, 3.63) is 35.7 Å². The van der Waals surface area contributed by atoms with Gasteiger partial charge >= 0.3 is 0 Å². The summed E-state index contributed by atoms with van der Waals surface area (Å²) in [7, 11) is 0. The number of rotatable bonds is 5. The lowest BCUT2D eigenvalue weighted by atomic mass is 10.2. The Hall–Kier alpha value is -2.02. The predicted octanol–water partition coefficient (Wildman–Crippen LogP) is 2.48. The van der Waals surface area contributed by atoms with E-state index in [0.29, 0.717) is 22.3 Å². The third-order valence-electron chi connectivity index (χ3n) is 2.66. The minimum absolute atomic E-state index is 0.0616. The molecule has 0 spiro atoms. The van der Waals surface area contributed by atoms with E-state index in [-0.39, 0.29) is 12.0 Å². The first-order valence-electron chi connectivity index (χ1n) is 6.55. The Morgan fingerprint density at radius 2 is 2.14 bits per heavy atom. The van der Waals surface area contributed by atoms with Crippen molar-refractivity contribution in [3.8, 4) is 5.75 Å². The second-order valence-electron chi connectivity index (χ2n) is 4.70. The molecule has 0 aliphatic heterocycles. The van der Waals surface area contributed by atoms with Gasteiger partial charge < -0.3 is 4.74 Å². The minimum Gasteiger partial charge on any atom is -0.491 e. The standard InChI is InChI=1S/C14H18N4O2S/c1-9(2)20-12-7-5-6-11(8-12)13(19)17-18-10(3)15-16-14(18)21-4/h5-9H,1-4H3,(H,17,19). The Morgan fingerprint density at radius 3 is 2.81 bits per heavy atom. The Balaban J connectivity index is 2.18. The fourth-order valence-corrected chi connectivity index (χ4v) is 2.24. The summed E-state index contributed by atoms with van der Waals surface area (Å²) < 4.78 is 7.17. The van der Waals surface area contributed by atoms with Crippen LogP contribution >= 0.6 is 11.8 Å². The fraction of sp³-hybridized carbons (Fsp3) is 0.357. The van der Waals surface area contributed by atoms with Crippen molar-refractivity contribution in [2.45, 2.75) is 32.0 Å². The maximum Gasteiger partial charge on any atom is 0.270 e. The summed E-state index contributed by atoms with van der Waals surface area (Å²) in [6.45, 7) is 5.67. The maximum atomic E-state index is 12.3. The van der Waals surface area contributed by atoms with Crippen LogP contribution in [0.15, 0.2) is 29.4 Å². The topological polar surface area (TPSA) is 69.0 Å². The molecule has 0 aliphatic rings. The number of thioether (sulfide) groups is 1. The smallest absolute Gasteiger partial charge is 0.270 e. The number of benzene rings is 1. The highest BCUT2D eigenvalue weighted by Crippen LogP contribution is 2.16. The van der Waals surface area contributed by atoms with Gasteiger partial charge in [0.25, 0.3) is 5.91 Å². The van der Waals surface area contributed by atoms with Crippen LogP contribution in [0.3, 0.4) is 0 Å². The zero-order valence-electron chi connectivity index (χ0n) is 12.5. The molecule has 0 aliphatic carbocycles. The summed E-state index contributed by atoms with van der Waals surface area (Å²) >= 11 is 1.41. The summed E-state index contributed by atoms with van der Waals surface area (Å²) in [6, 6.07) is 7.07. The molecule has 2 aromatic rings. The molecule has 1 aromatic carbocycles. The van der Waals surface area contributed by atoms with E-state index in [1.54, 1.807) is 29.8 Å². The minimum atomic E-state index is -0.234. The van der Waals surface area contributed by atoms with Crippen molar-refractivity contribution < 1.29 is 9.53 Å². The molecule has 0 radical (unpaired) electrons. The van der Waals surface area contributed by atoms with Gasteiger partial charge in [0, 0.05) is 5.56 Å². The number of nitrogens with zero attached hydrogens (tertiary/aromatic N) is 3. The zero-order valence-corrected chi connectivity index (χ0v) is 13.3. The van der Waals surface area contributed by atoms with E-state index in [1.807, 2.05) is 26.2 Å². The summed E-state index contributed by atoms with van der Waals surface area (Å²) in [5.74, 6) is 1.06. The summed E-state index contributed by atoms with van der Waals surface area (Å²) in [6.07, 6.45) is 1.94. The van der Waals surface area contributed by atoms with E-state index in [1.165, 1.54) is 11.8 Å². The van der Waals surface area contributed by atoms with Crippen molar-refractivity contribution in [2.24, 2.45) is 0 Å². The van der Waals surface area contributed by atoms with E-state index < -0.39 is 0 Å². The lowest BCUT2D eigenvalue weighted by molar-refractivity contribution is 0.100. The monoisotopic (exact) mass is 306 g/mol. The summed E-state index contributed by atoms with van der Waals surface area (Å²) in [5.41, 5.74) is 3.30. The molecule has 7 heteroatoms. The molecule has 0 atom stereocenters. The lowest BCUT2D eigenvalue weighted by Crippen LogP contribution is -2.24. The van der Waals surface area contributed by atoms with Crippen molar-refractivity contribution in [1.82, 2.24) is 14.9 Å². The van der Waals surface area contributed by atoms with Gasteiger partial charge in [-0.25, -0.2) is 4.68 Å². The van der Waals surface area contributed by atoms with Crippen LogP contribution < -0.4 is 10.2 Å². The van der Waals surface area contributed by atoms with Gasteiger partial charge in [-0.05, 0) is 45.2 Å². The highest BCUT2D eigenvalue weighted by Gasteiger charge is 2.13. The number of amides is 1. The summed E-state index contributed by atoms with van der Waals surface area (Å²) in [4.78, 5) is 12.3. The molecule has 1 amide bonds. The average molecular weight is 306 g/mol. The first kappa shape index (κ1) is 15.4. The third-order valence-corrected chi connectivity index (χ3v) is 3.29. The van der Waals surface area contributed by atoms with Gasteiger partial charge in [0.2, 0.25) is 5.16 Å². The van der Waals surface area contributed by atoms with Crippen molar-refractivity contribution >= 4 is 17.7 Å². The third kappa shape index (κ3) is 3.75. The first-order valence-corrected chi connectivity index (χ1v) is 7.78. The zero-order chi connectivity index (χ0) is 15.4. The highest BCUT2D eigenvalue weighted by atomic mass is 32.2. The van der Waals surface area contributed by atoms with E-state index in [0.717, 1.165) is 0 Å². The average Bonchev–Trinajstić information content (AvgIpc) is 2.79. The molecule has 0 fully saturated rings. The predicted molar refractivity (Wildman–Crippen MR) is 82.4 cm³/mol. The maximum absolute atomic E-state index is 12.3. The Kier molecular flexibility index (Phi) is 4.85. The largest absolute Gasteiger partial charge is 0.491 e. The molecule has 0 saturated carbocycles. The molecule has 0 saturated heterocycles. The molecule has 1 aromatic heterocycles. The molecule has 1 N–H and O–H groups in total. The number of hydrogen-bond acceptors (Lipinski definition) is 5. The molecular weight excluding hydrogens is 288 g/mol. The number of carbonyl (C=O) groups is 1. The molecule has 0 bridgehead atoms. The van der Waals surface area contributed by atoms with Gasteiger partial charge in [0.05, 0.1) is 6.10 Å². The molecule has 0 unspecified atom stereocenters. The number of nitrogens with one attached hydrogen (secondary N) is 1. The molecule has 2 rings (SSSR count). The van der Waals surface area contributed by atoms with Gasteiger partial charge in [0.15, 0.2) is 0 Å². The number of ether oxygens (including phenoxy) is 1. The molecule has 6 nitrogen and oxygen atoms in total. The second kappa shape index (κ2) is 6.62. The highest BCUT2D eigenvalue weighted by molar-refractivity contribution is 7.98. The fourth-order valence-electron chi connectivity index (χ4n) is 1.75. The molecular formula is C14H18N4O2S. The van der Waals surface area contributed by atoms with Crippen LogP contribution in [0.25, 0.3) is 0 Å².